The van der Waals surface area contributed by atoms with E-state index in [1.165, 1.54) is 0 Å². The first-order valence-electron chi connectivity index (χ1n) is 2.35. The van der Waals surface area contributed by atoms with Gasteiger partial charge in [-0.2, -0.15) is 0 Å². The Morgan fingerprint density at radius 2 is 2.50 bits per heavy atom. The zero-order valence-corrected chi connectivity index (χ0v) is 5.01. The van der Waals surface area contributed by atoms with Crippen molar-refractivity contribution in [3.8, 4) is 0 Å². The molecule has 0 aromatic rings. The summed E-state index contributed by atoms with van der Waals surface area (Å²) in [5, 5.41) is 3.42. The lowest BCUT2D eigenvalue weighted by Crippen LogP contribution is -1.84. The maximum atomic E-state index is 6.40. The maximum Gasteiger partial charge on any atom is 0.288 e. The minimum absolute atomic E-state index is 0.340. The van der Waals surface area contributed by atoms with E-state index in [1.807, 2.05) is 6.92 Å². The molecule has 0 bridgehead atoms. The van der Waals surface area contributed by atoms with E-state index in [0.717, 1.165) is 0 Å². The monoisotopic (exact) mass is 112 g/mol. The van der Waals surface area contributed by atoms with Gasteiger partial charge in [0.25, 0.3) is 5.84 Å². The summed E-state index contributed by atoms with van der Waals surface area (Å²) in [6.07, 6.45) is 0. The van der Waals surface area contributed by atoms with Crippen LogP contribution in [0.25, 0.3) is 4.85 Å². The highest BCUT2D eigenvalue weighted by Crippen LogP contribution is 1.79. The molecule has 44 valence electrons. The molecule has 0 amide bonds. The molecule has 0 atom stereocenters. The number of amidine groups is 1. The molecule has 0 rings (SSSR count). The second-order valence-corrected chi connectivity index (χ2v) is 1.17. The molecule has 0 aromatic heterocycles. The third-order valence-corrected chi connectivity index (χ3v) is 0.488. The molecule has 3 heteroatoms. The lowest BCUT2D eigenvalue weighted by atomic mass is 10.7. The first-order valence-corrected chi connectivity index (χ1v) is 2.35. The zero-order valence-electron chi connectivity index (χ0n) is 5.01. The Bertz CT molecular complexity index is 123. The third-order valence-electron chi connectivity index (χ3n) is 0.488. The van der Waals surface area contributed by atoms with Gasteiger partial charge >= 0.3 is 0 Å². The summed E-state index contributed by atoms with van der Waals surface area (Å²) in [7, 11) is 0. The first-order chi connectivity index (χ1) is 3.81. The van der Waals surface area contributed by atoms with Crippen molar-refractivity contribution in [2.45, 2.75) is 13.8 Å². The van der Waals surface area contributed by atoms with Gasteiger partial charge in [0, 0.05) is 0 Å². The van der Waals surface area contributed by atoms with E-state index in [1.54, 1.807) is 6.92 Å². The van der Waals surface area contributed by atoms with Crippen LogP contribution >= 0.6 is 0 Å². The molecule has 0 fully saturated rings. The van der Waals surface area contributed by atoms with Crippen LogP contribution in [0, 0.1) is 6.57 Å². The van der Waals surface area contributed by atoms with Crippen LogP contribution in [0.5, 0.6) is 0 Å². The minimum Gasteiger partial charge on any atom is -0.361 e. The summed E-state index contributed by atoms with van der Waals surface area (Å²) in [5.41, 5.74) is 0. The van der Waals surface area contributed by atoms with E-state index < -0.39 is 0 Å². The maximum absolute atomic E-state index is 6.40. The summed E-state index contributed by atoms with van der Waals surface area (Å²) in [6, 6.07) is 0. The Morgan fingerprint density at radius 1 is 1.88 bits per heavy atom. The molecule has 0 unspecified atom stereocenters. The molecule has 8 heavy (non-hydrogen) atoms. The molecule has 0 aliphatic carbocycles. The standard InChI is InChI=1S/C5H8N2O/c1-4-8-7-5(2)6-3/h4H2,1-2H3. The predicted molar refractivity (Wildman–Crippen MR) is 31.3 cm³/mol. The molecule has 0 aliphatic rings. The van der Waals surface area contributed by atoms with Crippen molar-refractivity contribution in [1.82, 2.24) is 0 Å². The van der Waals surface area contributed by atoms with Gasteiger partial charge in [-0.05, 0) is 13.8 Å². The number of oxime groups is 1. The Balaban J connectivity index is 3.46. The number of rotatable bonds is 2. The van der Waals surface area contributed by atoms with Crippen molar-refractivity contribution in [2.24, 2.45) is 5.16 Å². The largest absolute Gasteiger partial charge is 0.361 e. The van der Waals surface area contributed by atoms with Crippen molar-refractivity contribution in [1.29, 1.82) is 0 Å². The number of nitrogens with zero attached hydrogens (tertiary/aromatic N) is 2. The molecular weight excluding hydrogens is 104 g/mol. The topological polar surface area (TPSA) is 25.9 Å². The highest BCUT2D eigenvalue weighted by atomic mass is 16.6. The molecule has 0 heterocycles. The third kappa shape index (κ3) is 3.16. The summed E-state index contributed by atoms with van der Waals surface area (Å²) < 4.78 is 0. The molecule has 0 radical (unpaired) electrons. The summed E-state index contributed by atoms with van der Waals surface area (Å²) >= 11 is 0. The van der Waals surface area contributed by atoms with Crippen LogP contribution in [0.1, 0.15) is 13.8 Å². The summed E-state index contributed by atoms with van der Waals surface area (Å²) in [6.45, 7) is 10.3. The molecule has 0 aromatic carbocycles. The van der Waals surface area contributed by atoms with Gasteiger partial charge in [-0.3, -0.25) is 0 Å². The van der Waals surface area contributed by atoms with E-state index in [0.29, 0.717) is 12.4 Å². The Morgan fingerprint density at radius 3 is 2.88 bits per heavy atom. The van der Waals surface area contributed by atoms with Crippen LogP contribution in [0.4, 0.5) is 0 Å². The van der Waals surface area contributed by atoms with Crippen molar-refractivity contribution >= 4 is 5.84 Å². The van der Waals surface area contributed by atoms with E-state index in [-0.39, 0.29) is 0 Å². The summed E-state index contributed by atoms with van der Waals surface area (Å²) in [4.78, 5) is 7.56. The fourth-order valence-corrected chi connectivity index (χ4v) is 0.178. The van der Waals surface area contributed by atoms with Gasteiger partial charge < -0.3 is 9.68 Å². The zero-order chi connectivity index (χ0) is 6.41. The Kier molecular flexibility index (Phi) is 3.59. The molecule has 0 saturated heterocycles. The summed E-state index contributed by atoms with van der Waals surface area (Å²) in [5.74, 6) is 0.340. The highest BCUT2D eigenvalue weighted by molar-refractivity contribution is 5.88. The van der Waals surface area contributed by atoms with Crippen LogP contribution in [0.15, 0.2) is 5.16 Å². The van der Waals surface area contributed by atoms with E-state index in [4.69, 9.17) is 6.57 Å². The molecule has 0 aliphatic heterocycles. The predicted octanol–water partition coefficient (Wildman–Crippen LogP) is 1.28. The lowest BCUT2D eigenvalue weighted by Gasteiger charge is -1.82. The van der Waals surface area contributed by atoms with Crippen molar-refractivity contribution in [3.05, 3.63) is 11.4 Å². The van der Waals surface area contributed by atoms with Gasteiger partial charge in [0.2, 0.25) is 0 Å². The lowest BCUT2D eigenvalue weighted by molar-refractivity contribution is 0.159. The first kappa shape index (κ1) is 6.96. The minimum atomic E-state index is 0.340. The normalized spacial score (nSPS) is 10.4. The van der Waals surface area contributed by atoms with Crippen LogP contribution in [0.3, 0.4) is 0 Å². The fourth-order valence-electron chi connectivity index (χ4n) is 0.178. The Labute approximate surface area is 48.8 Å². The van der Waals surface area contributed by atoms with E-state index in [2.05, 4.69) is 14.8 Å². The molecule has 0 saturated carbocycles. The SMILES string of the molecule is [C-]#[N+]C(C)=NOCC. The van der Waals surface area contributed by atoms with Crippen molar-refractivity contribution in [2.75, 3.05) is 6.61 Å². The van der Waals surface area contributed by atoms with Crippen LogP contribution in [-0.4, -0.2) is 12.4 Å². The van der Waals surface area contributed by atoms with E-state index in [9.17, 15) is 0 Å². The number of hydrogen-bond donors (Lipinski definition) is 0. The second kappa shape index (κ2) is 4.13. The van der Waals surface area contributed by atoms with Crippen molar-refractivity contribution < 1.29 is 4.84 Å². The van der Waals surface area contributed by atoms with Crippen LogP contribution in [-0.2, 0) is 4.84 Å². The molecule has 3 nitrogen and oxygen atoms in total. The van der Waals surface area contributed by atoms with Gasteiger partial charge in [0.05, 0.1) is 5.16 Å². The van der Waals surface area contributed by atoms with Crippen molar-refractivity contribution in [3.63, 3.8) is 0 Å². The van der Waals surface area contributed by atoms with Gasteiger partial charge in [-0.1, -0.05) is 6.57 Å². The quantitative estimate of drug-likeness (QED) is 0.228. The molecular formula is C5H8N2O. The molecule has 0 N–H and O–H groups in total. The average molecular weight is 112 g/mol. The number of hydrogen-bond acceptors (Lipinski definition) is 2. The second-order valence-electron chi connectivity index (χ2n) is 1.17. The van der Waals surface area contributed by atoms with Gasteiger partial charge in [-0.25, -0.2) is 0 Å². The van der Waals surface area contributed by atoms with E-state index >= 15 is 0 Å². The van der Waals surface area contributed by atoms with Gasteiger partial charge in [0.1, 0.15) is 6.61 Å². The fraction of sp³-hybridized carbons (Fsp3) is 0.600. The molecule has 0 spiro atoms. The highest BCUT2D eigenvalue weighted by Gasteiger charge is 1.84. The van der Waals surface area contributed by atoms with Gasteiger partial charge in [-0.15, -0.1) is 0 Å². The van der Waals surface area contributed by atoms with Crippen LogP contribution in [0.2, 0.25) is 0 Å². The van der Waals surface area contributed by atoms with Gasteiger partial charge in [0.15, 0.2) is 0 Å². The average Bonchev–Trinajstić information content (AvgIpc) is 1.83. The Hall–Kier alpha value is -1.04. The smallest absolute Gasteiger partial charge is 0.288 e. The van der Waals surface area contributed by atoms with Crippen LogP contribution < -0.4 is 0 Å².